The molecule has 1 heterocycles. The molecular weight excluding hydrogens is 302 g/mol. The third-order valence-corrected chi connectivity index (χ3v) is 5.63. The molecule has 24 heavy (non-hydrogen) atoms. The van der Waals surface area contributed by atoms with E-state index in [1.54, 1.807) is 11.9 Å². The second kappa shape index (κ2) is 7.34. The van der Waals surface area contributed by atoms with E-state index >= 15 is 0 Å². The number of hydrogen-bond donors (Lipinski definition) is 2. The lowest BCUT2D eigenvalue weighted by atomic mass is 9.83. The maximum atomic E-state index is 13.0. The number of hydrogen-bond acceptors (Lipinski definition) is 3. The van der Waals surface area contributed by atoms with Crippen molar-refractivity contribution in [2.45, 2.75) is 44.2 Å². The first-order valence-corrected chi connectivity index (χ1v) is 8.93. The zero-order valence-corrected chi connectivity index (χ0v) is 14.3. The first-order chi connectivity index (χ1) is 11.6. The minimum atomic E-state index is -0.200. The predicted molar refractivity (Wildman–Crippen MR) is 93.0 cm³/mol. The number of amides is 2. The smallest absolute Gasteiger partial charge is 0.225 e. The van der Waals surface area contributed by atoms with Crippen molar-refractivity contribution in [2.75, 3.05) is 13.6 Å². The van der Waals surface area contributed by atoms with E-state index in [2.05, 4.69) is 5.32 Å². The monoisotopic (exact) mass is 329 g/mol. The van der Waals surface area contributed by atoms with Crippen LogP contribution in [0.5, 0.6) is 0 Å². The van der Waals surface area contributed by atoms with Crippen molar-refractivity contribution < 1.29 is 9.59 Å². The van der Waals surface area contributed by atoms with Gasteiger partial charge in [0, 0.05) is 19.5 Å². The summed E-state index contributed by atoms with van der Waals surface area (Å²) in [5.74, 6) is 0.350. The molecule has 1 aliphatic heterocycles. The summed E-state index contributed by atoms with van der Waals surface area (Å²) in [7, 11) is 1.80. The highest BCUT2D eigenvalue weighted by molar-refractivity contribution is 5.85. The van der Waals surface area contributed by atoms with E-state index in [9.17, 15) is 9.59 Å². The third-order valence-electron chi connectivity index (χ3n) is 5.63. The van der Waals surface area contributed by atoms with Gasteiger partial charge in [0.1, 0.15) is 0 Å². The van der Waals surface area contributed by atoms with Crippen molar-refractivity contribution in [1.82, 2.24) is 10.2 Å². The van der Waals surface area contributed by atoms with Crippen LogP contribution in [0.2, 0.25) is 0 Å². The molecule has 3 rings (SSSR count). The molecule has 0 spiro atoms. The highest BCUT2D eigenvalue weighted by atomic mass is 16.2. The summed E-state index contributed by atoms with van der Waals surface area (Å²) in [5.41, 5.74) is 6.86. The molecular formula is C19H27N3O2. The van der Waals surface area contributed by atoms with Crippen LogP contribution >= 0.6 is 0 Å². The average Bonchev–Trinajstić information content (AvgIpc) is 3.05. The molecule has 1 saturated carbocycles. The Kier molecular flexibility index (Phi) is 5.19. The van der Waals surface area contributed by atoms with Gasteiger partial charge in [-0.1, -0.05) is 36.8 Å². The number of piperidine rings is 1. The Morgan fingerprint density at radius 1 is 1.25 bits per heavy atom. The largest absolute Gasteiger partial charge is 0.353 e. The van der Waals surface area contributed by atoms with Gasteiger partial charge in [0.25, 0.3) is 0 Å². The Balaban J connectivity index is 1.79. The van der Waals surface area contributed by atoms with Crippen molar-refractivity contribution in [3.63, 3.8) is 0 Å². The van der Waals surface area contributed by atoms with Gasteiger partial charge in [0.15, 0.2) is 0 Å². The number of carbonyl (C=O) groups excluding carboxylic acids is 2. The van der Waals surface area contributed by atoms with E-state index in [4.69, 9.17) is 5.73 Å². The first-order valence-electron chi connectivity index (χ1n) is 8.93. The number of nitrogens with zero attached hydrogens (tertiary/aromatic N) is 1. The number of likely N-dealkylation sites (tertiary alicyclic amines) is 1. The maximum Gasteiger partial charge on any atom is 0.225 e. The summed E-state index contributed by atoms with van der Waals surface area (Å²) < 4.78 is 0. The van der Waals surface area contributed by atoms with Crippen molar-refractivity contribution in [3.8, 4) is 0 Å². The number of carbonyl (C=O) groups is 2. The van der Waals surface area contributed by atoms with Gasteiger partial charge in [-0.3, -0.25) is 9.59 Å². The van der Waals surface area contributed by atoms with Crippen molar-refractivity contribution in [1.29, 1.82) is 0 Å². The standard InChI is InChI=1S/C19H27N3O2/c1-22-17(23)11-10-15(18(22)13-6-3-2-4-7-13)19(24)21-16-9-5-8-14(16)12-20/h2-4,6-7,14-16,18H,5,8-12,20H2,1H3,(H,21,24). The van der Waals surface area contributed by atoms with Gasteiger partial charge in [-0.25, -0.2) is 0 Å². The van der Waals surface area contributed by atoms with Gasteiger partial charge in [-0.05, 0) is 37.3 Å². The van der Waals surface area contributed by atoms with Crippen LogP contribution in [0, 0.1) is 11.8 Å². The van der Waals surface area contributed by atoms with Gasteiger partial charge in [-0.2, -0.15) is 0 Å². The lowest BCUT2D eigenvalue weighted by molar-refractivity contribution is -0.142. The fourth-order valence-electron chi connectivity index (χ4n) is 4.22. The molecule has 5 nitrogen and oxygen atoms in total. The van der Waals surface area contributed by atoms with Gasteiger partial charge in [0.2, 0.25) is 11.8 Å². The van der Waals surface area contributed by atoms with Crippen LogP contribution in [-0.4, -0.2) is 36.3 Å². The SMILES string of the molecule is CN1C(=O)CCC(C(=O)NC2CCCC2CN)C1c1ccccc1. The van der Waals surface area contributed by atoms with Crippen molar-refractivity contribution in [3.05, 3.63) is 35.9 Å². The van der Waals surface area contributed by atoms with Gasteiger partial charge < -0.3 is 16.0 Å². The maximum absolute atomic E-state index is 13.0. The Labute approximate surface area is 143 Å². The Hall–Kier alpha value is -1.88. The topological polar surface area (TPSA) is 75.4 Å². The second-order valence-electron chi connectivity index (χ2n) is 7.05. The van der Waals surface area contributed by atoms with Crippen LogP contribution in [-0.2, 0) is 9.59 Å². The molecule has 1 saturated heterocycles. The fraction of sp³-hybridized carbons (Fsp3) is 0.579. The minimum Gasteiger partial charge on any atom is -0.353 e. The van der Waals surface area contributed by atoms with Gasteiger partial charge in [0.05, 0.1) is 12.0 Å². The van der Waals surface area contributed by atoms with Crippen LogP contribution in [0.1, 0.15) is 43.7 Å². The first kappa shape index (κ1) is 17.0. The molecule has 4 unspecified atom stereocenters. The Morgan fingerprint density at radius 3 is 2.71 bits per heavy atom. The number of rotatable bonds is 4. The number of benzene rings is 1. The molecule has 2 fully saturated rings. The van der Waals surface area contributed by atoms with E-state index in [1.807, 2.05) is 30.3 Å². The molecule has 2 amide bonds. The average molecular weight is 329 g/mol. The Morgan fingerprint density at radius 2 is 2.00 bits per heavy atom. The lowest BCUT2D eigenvalue weighted by Gasteiger charge is -2.39. The van der Waals surface area contributed by atoms with Crippen LogP contribution in [0.25, 0.3) is 0 Å². The van der Waals surface area contributed by atoms with Crippen LogP contribution < -0.4 is 11.1 Å². The lowest BCUT2D eigenvalue weighted by Crippen LogP contribution is -2.49. The zero-order chi connectivity index (χ0) is 17.1. The molecule has 0 bridgehead atoms. The Bertz CT molecular complexity index is 590. The van der Waals surface area contributed by atoms with E-state index in [0.29, 0.717) is 25.3 Å². The summed E-state index contributed by atoms with van der Waals surface area (Å²) in [6.45, 7) is 0.621. The molecule has 130 valence electrons. The fourth-order valence-corrected chi connectivity index (χ4v) is 4.22. The summed E-state index contributed by atoms with van der Waals surface area (Å²) in [5, 5.41) is 3.23. The zero-order valence-electron chi connectivity index (χ0n) is 14.3. The van der Waals surface area contributed by atoms with E-state index in [-0.39, 0.29) is 29.8 Å². The van der Waals surface area contributed by atoms with Crippen LogP contribution in [0.15, 0.2) is 30.3 Å². The highest BCUT2D eigenvalue weighted by Gasteiger charge is 2.40. The molecule has 4 atom stereocenters. The van der Waals surface area contributed by atoms with Crippen molar-refractivity contribution in [2.24, 2.45) is 17.6 Å². The highest BCUT2D eigenvalue weighted by Crippen LogP contribution is 2.36. The molecule has 1 aromatic carbocycles. The summed E-state index contributed by atoms with van der Waals surface area (Å²) >= 11 is 0. The molecule has 2 aliphatic rings. The number of nitrogens with two attached hydrogens (primary N) is 1. The summed E-state index contributed by atoms with van der Waals surface area (Å²) in [4.78, 5) is 26.9. The molecule has 3 N–H and O–H groups in total. The quantitative estimate of drug-likeness (QED) is 0.885. The summed E-state index contributed by atoms with van der Waals surface area (Å²) in [6, 6.07) is 9.86. The van der Waals surface area contributed by atoms with Gasteiger partial charge in [-0.15, -0.1) is 0 Å². The van der Waals surface area contributed by atoms with Gasteiger partial charge >= 0.3 is 0 Å². The van der Waals surface area contributed by atoms with Crippen LogP contribution in [0.4, 0.5) is 0 Å². The minimum absolute atomic E-state index is 0.0635. The predicted octanol–water partition coefficient (Wildman–Crippen LogP) is 1.84. The van der Waals surface area contributed by atoms with Crippen LogP contribution in [0.3, 0.4) is 0 Å². The second-order valence-corrected chi connectivity index (χ2v) is 7.05. The van der Waals surface area contributed by atoms with E-state index in [1.165, 1.54) is 0 Å². The summed E-state index contributed by atoms with van der Waals surface area (Å²) in [6.07, 6.45) is 4.26. The van der Waals surface area contributed by atoms with E-state index in [0.717, 1.165) is 24.8 Å². The third kappa shape index (κ3) is 3.31. The molecule has 0 aromatic heterocycles. The molecule has 5 heteroatoms. The molecule has 0 radical (unpaired) electrons. The normalized spacial score (nSPS) is 30.4. The number of nitrogens with one attached hydrogen (secondary N) is 1. The molecule has 1 aromatic rings. The van der Waals surface area contributed by atoms with E-state index < -0.39 is 0 Å². The van der Waals surface area contributed by atoms with Crippen molar-refractivity contribution >= 4 is 11.8 Å². The molecule has 1 aliphatic carbocycles.